The fourth-order valence-corrected chi connectivity index (χ4v) is 6.66. The molecule has 0 unspecified atom stereocenters. The Morgan fingerprint density at radius 2 is 1.56 bits per heavy atom. The highest BCUT2D eigenvalue weighted by molar-refractivity contribution is 5.90. The van der Waals surface area contributed by atoms with Crippen molar-refractivity contribution in [2.75, 3.05) is 0 Å². The molecule has 2 aromatic rings. The maximum Gasteiger partial charge on any atom is 0.240 e. The molecule has 0 saturated heterocycles. The fraction of sp³-hybridized carbons (Fsp3) is 0.481. The molecule has 0 aromatic heterocycles. The quantitative estimate of drug-likeness (QED) is 0.662. The van der Waals surface area contributed by atoms with E-state index < -0.39 is 11.9 Å². The van der Waals surface area contributed by atoms with E-state index in [0.29, 0.717) is 30.8 Å². The van der Waals surface area contributed by atoms with Gasteiger partial charge in [-0.2, -0.15) is 0 Å². The average Bonchev–Trinajstić information content (AvgIpc) is 2.77. The van der Waals surface area contributed by atoms with Crippen molar-refractivity contribution in [3.05, 3.63) is 65.7 Å². The molecule has 0 heterocycles. The molecule has 5 heteroatoms. The van der Waals surface area contributed by atoms with E-state index >= 15 is 0 Å². The molecule has 2 aromatic carbocycles. The van der Waals surface area contributed by atoms with Crippen molar-refractivity contribution in [2.45, 2.75) is 57.6 Å². The molecule has 6 rings (SSSR count). The van der Waals surface area contributed by atoms with Gasteiger partial charge < -0.3 is 15.8 Å². The van der Waals surface area contributed by atoms with E-state index in [1.165, 1.54) is 19.3 Å². The van der Waals surface area contributed by atoms with Crippen LogP contribution in [-0.2, 0) is 22.6 Å². The first-order valence-electron chi connectivity index (χ1n) is 11.8. The van der Waals surface area contributed by atoms with Gasteiger partial charge in [-0.15, -0.1) is 0 Å². The van der Waals surface area contributed by atoms with E-state index in [1.54, 1.807) is 0 Å². The number of nitrogens with two attached hydrogens (primary N) is 1. The smallest absolute Gasteiger partial charge is 0.240 e. The lowest BCUT2D eigenvalue weighted by Crippen LogP contribution is -2.57. The summed E-state index contributed by atoms with van der Waals surface area (Å²) in [7, 11) is 0. The second-order valence-electron chi connectivity index (χ2n) is 10.3. The van der Waals surface area contributed by atoms with Crippen LogP contribution in [-0.4, -0.2) is 17.9 Å². The third-order valence-corrected chi connectivity index (χ3v) is 7.76. The van der Waals surface area contributed by atoms with Gasteiger partial charge in [-0.25, -0.2) is 0 Å². The Hall–Kier alpha value is -2.82. The first-order valence-corrected chi connectivity index (χ1v) is 11.8. The van der Waals surface area contributed by atoms with Crippen LogP contribution in [0.3, 0.4) is 0 Å². The van der Waals surface area contributed by atoms with Gasteiger partial charge in [-0.05, 0) is 79.5 Å². The minimum atomic E-state index is -0.708. The summed E-state index contributed by atoms with van der Waals surface area (Å²) < 4.78 is 5.92. The topological polar surface area (TPSA) is 81.4 Å². The zero-order chi connectivity index (χ0) is 22.1. The maximum absolute atomic E-state index is 13.4. The first kappa shape index (κ1) is 21.0. The lowest BCUT2D eigenvalue weighted by Gasteiger charge is -2.55. The molecule has 0 radical (unpaired) electrons. The molecule has 32 heavy (non-hydrogen) atoms. The third-order valence-electron chi connectivity index (χ3n) is 7.76. The lowest BCUT2D eigenvalue weighted by atomic mass is 9.49. The van der Waals surface area contributed by atoms with Crippen molar-refractivity contribution in [3.63, 3.8) is 0 Å². The highest BCUT2D eigenvalue weighted by Gasteiger charge is 2.54. The summed E-state index contributed by atoms with van der Waals surface area (Å²) in [4.78, 5) is 25.6. The number of carbonyl (C=O) groups is 2. The summed E-state index contributed by atoms with van der Waals surface area (Å²) >= 11 is 0. The molecule has 4 aliphatic carbocycles. The Kier molecular flexibility index (Phi) is 5.66. The van der Waals surface area contributed by atoms with Gasteiger partial charge in [-0.3, -0.25) is 9.59 Å². The minimum absolute atomic E-state index is 0.0388. The maximum atomic E-state index is 13.4. The van der Waals surface area contributed by atoms with Crippen LogP contribution in [0.2, 0.25) is 0 Å². The molecule has 0 aliphatic heterocycles. The Bertz CT molecular complexity index is 952. The SMILES string of the molecule is NC(=O)[C@@H](Cc1cccc(OCc2ccccc2)c1)NC(=O)C12CC3CC(CC(C3)C1)C2. The predicted molar refractivity (Wildman–Crippen MR) is 123 cm³/mol. The molecule has 0 spiro atoms. The predicted octanol–water partition coefficient (Wildman–Crippen LogP) is 3.99. The van der Waals surface area contributed by atoms with Crippen molar-refractivity contribution in [1.82, 2.24) is 5.32 Å². The number of ether oxygens (including phenoxy) is 1. The lowest BCUT2D eigenvalue weighted by molar-refractivity contribution is -0.148. The van der Waals surface area contributed by atoms with Gasteiger partial charge in [0.15, 0.2) is 0 Å². The summed E-state index contributed by atoms with van der Waals surface area (Å²) in [6.45, 7) is 0.478. The van der Waals surface area contributed by atoms with Gasteiger partial charge in [0, 0.05) is 11.8 Å². The van der Waals surface area contributed by atoms with Gasteiger partial charge in [0.2, 0.25) is 11.8 Å². The van der Waals surface area contributed by atoms with Gasteiger partial charge in [-0.1, -0.05) is 42.5 Å². The Morgan fingerprint density at radius 3 is 2.19 bits per heavy atom. The summed E-state index contributed by atoms with van der Waals surface area (Å²) in [6, 6.07) is 17.0. The van der Waals surface area contributed by atoms with Crippen molar-refractivity contribution >= 4 is 11.8 Å². The molecule has 4 saturated carbocycles. The van der Waals surface area contributed by atoms with Crippen LogP contribution >= 0.6 is 0 Å². The number of hydrogen-bond acceptors (Lipinski definition) is 3. The Balaban J connectivity index is 1.24. The minimum Gasteiger partial charge on any atom is -0.489 e. The van der Waals surface area contributed by atoms with Crippen LogP contribution in [0, 0.1) is 23.2 Å². The number of amides is 2. The molecule has 5 nitrogen and oxygen atoms in total. The second kappa shape index (κ2) is 8.61. The van der Waals surface area contributed by atoms with Gasteiger partial charge >= 0.3 is 0 Å². The highest BCUT2D eigenvalue weighted by atomic mass is 16.5. The third kappa shape index (κ3) is 4.38. The van der Waals surface area contributed by atoms with Crippen LogP contribution in [0.4, 0.5) is 0 Å². The first-order chi connectivity index (χ1) is 15.5. The normalized spacial score (nSPS) is 28.8. The van der Waals surface area contributed by atoms with Crippen molar-refractivity contribution in [1.29, 1.82) is 0 Å². The molecular formula is C27H32N2O3. The fourth-order valence-electron chi connectivity index (χ4n) is 6.66. The molecule has 1 atom stereocenters. The van der Waals surface area contributed by atoms with Crippen molar-refractivity contribution in [3.8, 4) is 5.75 Å². The van der Waals surface area contributed by atoms with Gasteiger partial charge in [0.1, 0.15) is 18.4 Å². The van der Waals surface area contributed by atoms with E-state index in [0.717, 1.165) is 36.1 Å². The summed E-state index contributed by atoms with van der Waals surface area (Å²) in [6.07, 6.45) is 7.12. The number of hydrogen-bond donors (Lipinski definition) is 2. The molecule has 4 fully saturated rings. The molecule has 4 aliphatic rings. The Morgan fingerprint density at radius 1 is 0.938 bits per heavy atom. The van der Waals surface area contributed by atoms with E-state index in [2.05, 4.69) is 5.32 Å². The van der Waals surface area contributed by atoms with Crippen LogP contribution in [0.1, 0.15) is 49.7 Å². The summed E-state index contributed by atoms with van der Waals surface area (Å²) in [5.41, 5.74) is 7.44. The molecule has 4 bridgehead atoms. The number of benzene rings is 2. The number of carbonyl (C=O) groups excluding carboxylic acids is 2. The molecular weight excluding hydrogens is 400 g/mol. The molecule has 2 amide bonds. The number of nitrogens with one attached hydrogen (secondary N) is 1. The van der Waals surface area contributed by atoms with Crippen LogP contribution in [0.15, 0.2) is 54.6 Å². The second-order valence-corrected chi connectivity index (χ2v) is 10.3. The van der Waals surface area contributed by atoms with Crippen molar-refractivity contribution in [2.24, 2.45) is 28.9 Å². The average molecular weight is 433 g/mol. The van der Waals surface area contributed by atoms with Gasteiger partial charge in [0.25, 0.3) is 0 Å². The standard InChI is InChI=1S/C27H32N2O3/c28-25(30)24(29-26(31)27-14-20-9-21(15-27)11-22(10-20)16-27)13-19-7-4-8-23(12-19)32-17-18-5-2-1-3-6-18/h1-8,12,20-22,24H,9-11,13-17H2,(H2,28,30)(H,29,31)/t20?,21?,22?,24-,27?/m1/s1. The van der Waals surface area contributed by atoms with E-state index in [1.807, 2.05) is 54.6 Å². The van der Waals surface area contributed by atoms with E-state index in [9.17, 15) is 9.59 Å². The monoisotopic (exact) mass is 432 g/mol. The van der Waals surface area contributed by atoms with Crippen LogP contribution in [0.5, 0.6) is 5.75 Å². The zero-order valence-electron chi connectivity index (χ0n) is 18.5. The summed E-state index contributed by atoms with van der Waals surface area (Å²) in [5, 5.41) is 3.04. The highest BCUT2D eigenvalue weighted by Crippen LogP contribution is 2.60. The van der Waals surface area contributed by atoms with E-state index in [4.69, 9.17) is 10.5 Å². The zero-order valence-corrected chi connectivity index (χ0v) is 18.5. The number of primary amides is 1. The molecule has 168 valence electrons. The van der Waals surface area contributed by atoms with Gasteiger partial charge in [0.05, 0.1) is 0 Å². The summed E-state index contributed by atoms with van der Waals surface area (Å²) in [5.74, 6) is 2.32. The van der Waals surface area contributed by atoms with Crippen LogP contribution in [0.25, 0.3) is 0 Å². The molecule has 3 N–H and O–H groups in total. The largest absolute Gasteiger partial charge is 0.489 e. The Labute approximate surface area is 189 Å². The van der Waals surface area contributed by atoms with E-state index in [-0.39, 0.29) is 11.3 Å². The van der Waals surface area contributed by atoms with Crippen molar-refractivity contribution < 1.29 is 14.3 Å². The van der Waals surface area contributed by atoms with Crippen LogP contribution < -0.4 is 15.8 Å². The number of rotatable bonds is 8.